The van der Waals surface area contributed by atoms with Gasteiger partial charge in [0, 0.05) is 20.1 Å². The third-order valence-corrected chi connectivity index (χ3v) is 4.24. The Morgan fingerprint density at radius 3 is 1.76 bits per heavy atom. The summed E-state index contributed by atoms with van der Waals surface area (Å²) in [6.07, 6.45) is -0.272. The van der Waals surface area contributed by atoms with Crippen molar-refractivity contribution in [1.82, 2.24) is 0 Å². The lowest BCUT2D eigenvalue weighted by Gasteiger charge is -2.22. The van der Waals surface area contributed by atoms with Crippen LogP contribution in [0.4, 0.5) is 0 Å². The average molecular weight is 268 g/mol. The molecule has 0 aromatic rings. The zero-order valence-corrected chi connectivity index (χ0v) is 12.7. The van der Waals surface area contributed by atoms with Crippen LogP contribution in [0, 0.1) is 5.92 Å². The number of phosphoric ester groups is 1. The maximum Gasteiger partial charge on any atom is 0.474 e. The smallest absolute Gasteiger partial charge is 0.372 e. The van der Waals surface area contributed by atoms with Crippen molar-refractivity contribution in [2.24, 2.45) is 5.92 Å². The quantitative estimate of drug-likeness (QED) is 0.732. The molecule has 1 aliphatic rings. The minimum absolute atomic E-state index is 0.0900. The topological polar surface area (TPSA) is 54.0 Å². The van der Waals surface area contributed by atoms with E-state index < -0.39 is 7.82 Å². The molecule has 1 rings (SSSR count). The van der Waals surface area contributed by atoms with E-state index in [9.17, 15) is 4.57 Å². The number of hydrogen-bond acceptors (Lipinski definition) is 5. The molecule has 1 aliphatic heterocycles. The van der Waals surface area contributed by atoms with Gasteiger partial charge in [-0.15, -0.1) is 0 Å². The van der Waals surface area contributed by atoms with Gasteiger partial charge in [-0.05, 0) is 13.8 Å². The monoisotopic (exact) mass is 268 g/mol. The maximum atomic E-state index is 11.8. The van der Waals surface area contributed by atoms with E-state index >= 15 is 0 Å². The van der Waals surface area contributed by atoms with E-state index in [1.54, 1.807) is 0 Å². The van der Waals surface area contributed by atoms with E-state index in [1.807, 2.05) is 34.6 Å². The fourth-order valence-electron chi connectivity index (χ4n) is 1.73. The lowest BCUT2D eigenvalue weighted by molar-refractivity contribution is 0.0220. The Morgan fingerprint density at radius 1 is 1.00 bits per heavy atom. The minimum atomic E-state index is -3.41. The summed E-state index contributed by atoms with van der Waals surface area (Å²) in [5.74, 6) is 0.165. The summed E-state index contributed by atoms with van der Waals surface area (Å²) in [4.78, 5) is 0. The van der Waals surface area contributed by atoms with Gasteiger partial charge in [-0.1, -0.05) is 20.8 Å². The summed E-state index contributed by atoms with van der Waals surface area (Å²) in [6.45, 7) is 9.85. The first kappa shape index (κ1) is 17.1. The van der Waals surface area contributed by atoms with Crippen LogP contribution in [0.25, 0.3) is 0 Å². The largest absolute Gasteiger partial charge is 0.474 e. The normalized spacial score (nSPS) is 33.1. The summed E-state index contributed by atoms with van der Waals surface area (Å²) in [5, 5.41) is 0. The molecule has 0 spiro atoms. The second-order valence-corrected chi connectivity index (χ2v) is 5.62. The van der Waals surface area contributed by atoms with E-state index in [4.69, 9.17) is 18.3 Å². The van der Waals surface area contributed by atoms with Gasteiger partial charge in [0.2, 0.25) is 0 Å². The first-order valence-corrected chi connectivity index (χ1v) is 7.45. The molecule has 4 unspecified atom stereocenters. The highest BCUT2D eigenvalue weighted by atomic mass is 31.2. The van der Waals surface area contributed by atoms with Gasteiger partial charge in [0.25, 0.3) is 0 Å². The fraction of sp³-hybridized carbons (Fsp3) is 1.00. The first-order chi connectivity index (χ1) is 7.93. The van der Waals surface area contributed by atoms with E-state index in [-0.39, 0.29) is 24.2 Å². The van der Waals surface area contributed by atoms with Crippen molar-refractivity contribution in [3.63, 3.8) is 0 Å². The van der Waals surface area contributed by atoms with Gasteiger partial charge >= 0.3 is 7.82 Å². The lowest BCUT2D eigenvalue weighted by Crippen LogP contribution is -2.26. The molecule has 104 valence electrons. The second-order valence-electron chi connectivity index (χ2n) is 3.79. The van der Waals surface area contributed by atoms with E-state index in [2.05, 4.69) is 0 Å². The Kier molecular flexibility index (Phi) is 7.52. The molecular weight excluding hydrogens is 243 g/mol. The van der Waals surface area contributed by atoms with Crippen LogP contribution in [-0.2, 0) is 22.9 Å². The van der Waals surface area contributed by atoms with Crippen molar-refractivity contribution in [3.05, 3.63) is 0 Å². The molecular formula is C11H25O5P. The molecule has 0 aromatic carbocycles. The zero-order valence-electron chi connectivity index (χ0n) is 11.8. The molecule has 4 atom stereocenters. The molecule has 0 aliphatic carbocycles. The Balaban J connectivity index is 0.00000121. The van der Waals surface area contributed by atoms with Crippen molar-refractivity contribution < 1.29 is 22.9 Å². The van der Waals surface area contributed by atoms with E-state index in [1.165, 1.54) is 14.2 Å². The van der Waals surface area contributed by atoms with E-state index in [0.717, 1.165) is 0 Å². The highest BCUT2D eigenvalue weighted by molar-refractivity contribution is 7.48. The van der Waals surface area contributed by atoms with Crippen molar-refractivity contribution in [3.8, 4) is 0 Å². The van der Waals surface area contributed by atoms with Crippen molar-refractivity contribution in [1.29, 1.82) is 0 Å². The van der Waals surface area contributed by atoms with Gasteiger partial charge in [0.1, 0.15) is 6.10 Å². The van der Waals surface area contributed by atoms with Gasteiger partial charge in [-0.25, -0.2) is 4.57 Å². The third-order valence-electron chi connectivity index (χ3n) is 2.85. The summed E-state index contributed by atoms with van der Waals surface area (Å²) in [6, 6.07) is 0. The van der Waals surface area contributed by atoms with Crippen molar-refractivity contribution in [2.75, 3.05) is 14.2 Å². The van der Waals surface area contributed by atoms with Gasteiger partial charge in [-0.2, -0.15) is 0 Å². The SMILES string of the molecule is CC.COP(=O)(OC)OC1C(C)OC(C)C1C. The van der Waals surface area contributed by atoms with Crippen LogP contribution >= 0.6 is 7.82 Å². The number of rotatable bonds is 4. The van der Waals surface area contributed by atoms with Gasteiger partial charge in [-0.3, -0.25) is 13.6 Å². The number of ether oxygens (including phenoxy) is 1. The minimum Gasteiger partial charge on any atom is -0.372 e. The van der Waals surface area contributed by atoms with Crippen LogP contribution < -0.4 is 0 Å². The predicted molar refractivity (Wildman–Crippen MR) is 67.0 cm³/mol. The van der Waals surface area contributed by atoms with Gasteiger partial charge < -0.3 is 4.74 Å². The van der Waals surface area contributed by atoms with Crippen molar-refractivity contribution in [2.45, 2.75) is 52.9 Å². The molecule has 0 saturated carbocycles. The number of phosphoric acid groups is 1. The Morgan fingerprint density at radius 2 is 1.47 bits per heavy atom. The molecule has 5 nitrogen and oxygen atoms in total. The highest BCUT2D eigenvalue weighted by Gasteiger charge is 2.42. The van der Waals surface area contributed by atoms with Crippen LogP contribution in [0.1, 0.15) is 34.6 Å². The summed E-state index contributed by atoms with van der Waals surface area (Å²) in [5.41, 5.74) is 0. The molecule has 0 aromatic heterocycles. The summed E-state index contributed by atoms with van der Waals surface area (Å²) in [7, 11) is -0.803. The maximum absolute atomic E-state index is 11.8. The average Bonchev–Trinajstić information content (AvgIpc) is 2.58. The van der Waals surface area contributed by atoms with Crippen LogP contribution in [0.3, 0.4) is 0 Å². The second kappa shape index (κ2) is 7.49. The standard InChI is InChI=1S/C9H19O5P.C2H6/c1-6-7(2)13-8(3)9(6)14-15(10,11-4)12-5;1-2/h6-9H,1-5H3;1-2H3. The van der Waals surface area contributed by atoms with Crippen molar-refractivity contribution >= 4 is 7.82 Å². The molecule has 1 fully saturated rings. The van der Waals surface area contributed by atoms with Crippen LogP contribution in [-0.4, -0.2) is 32.5 Å². The Bertz CT molecular complexity index is 250. The molecule has 6 heteroatoms. The van der Waals surface area contributed by atoms with Crippen LogP contribution in [0.5, 0.6) is 0 Å². The summed E-state index contributed by atoms with van der Waals surface area (Å²) >= 11 is 0. The van der Waals surface area contributed by atoms with Gasteiger partial charge in [0.15, 0.2) is 0 Å². The molecule has 0 bridgehead atoms. The first-order valence-electron chi connectivity index (χ1n) is 5.99. The molecule has 0 amide bonds. The molecule has 0 radical (unpaired) electrons. The van der Waals surface area contributed by atoms with Crippen LogP contribution in [0.2, 0.25) is 0 Å². The third kappa shape index (κ3) is 4.34. The fourth-order valence-corrected chi connectivity index (χ4v) is 2.71. The Hall–Kier alpha value is 0.0700. The Labute approximate surface area is 104 Å². The lowest BCUT2D eigenvalue weighted by atomic mass is 10.0. The molecule has 1 saturated heterocycles. The highest BCUT2D eigenvalue weighted by Crippen LogP contribution is 2.51. The zero-order chi connectivity index (χ0) is 13.6. The van der Waals surface area contributed by atoms with Crippen LogP contribution in [0.15, 0.2) is 0 Å². The molecule has 17 heavy (non-hydrogen) atoms. The molecule has 0 N–H and O–H groups in total. The molecule has 1 heterocycles. The number of hydrogen-bond donors (Lipinski definition) is 0. The van der Waals surface area contributed by atoms with Gasteiger partial charge in [0.05, 0.1) is 12.2 Å². The summed E-state index contributed by atoms with van der Waals surface area (Å²) < 4.78 is 32.2. The van der Waals surface area contributed by atoms with E-state index in [0.29, 0.717) is 0 Å². The predicted octanol–water partition coefficient (Wildman–Crippen LogP) is 3.24.